The van der Waals surface area contributed by atoms with E-state index in [9.17, 15) is 9.59 Å². The number of allylic oxidation sites excluding steroid dienone is 1. The average Bonchev–Trinajstić information content (AvgIpc) is 2.00. The Morgan fingerprint density at radius 2 is 2.25 bits per heavy atom. The van der Waals surface area contributed by atoms with Gasteiger partial charge in [0.2, 0.25) is 5.91 Å². The number of carboxylic acids is 1. The SMILES string of the molecule is C=CCCC(=O)N[C@@H](C)C(=O)O. The first-order valence-corrected chi connectivity index (χ1v) is 3.71. The predicted octanol–water partition coefficient (Wildman–Crippen LogP) is 0.542. The molecule has 0 heterocycles. The number of hydrogen-bond donors (Lipinski definition) is 2. The van der Waals surface area contributed by atoms with Crippen LogP contribution in [0.4, 0.5) is 0 Å². The first kappa shape index (κ1) is 10.7. The van der Waals surface area contributed by atoms with Crippen molar-refractivity contribution in [2.75, 3.05) is 0 Å². The van der Waals surface area contributed by atoms with Gasteiger partial charge >= 0.3 is 5.97 Å². The van der Waals surface area contributed by atoms with Gasteiger partial charge in [0.25, 0.3) is 0 Å². The van der Waals surface area contributed by atoms with E-state index < -0.39 is 12.0 Å². The molecule has 0 rings (SSSR count). The zero-order valence-corrected chi connectivity index (χ0v) is 7.04. The van der Waals surface area contributed by atoms with Crippen LogP contribution in [0.25, 0.3) is 0 Å². The summed E-state index contributed by atoms with van der Waals surface area (Å²) in [5.74, 6) is -1.29. The van der Waals surface area contributed by atoms with Crippen LogP contribution in [-0.4, -0.2) is 23.0 Å². The maximum Gasteiger partial charge on any atom is 0.325 e. The highest BCUT2D eigenvalue weighted by atomic mass is 16.4. The van der Waals surface area contributed by atoms with Crippen molar-refractivity contribution in [1.29, 1.82) is 0 Å². The van der Waals surface area contributed by atoms with Crippen LogP contribution in [-0.2, 0) is 9.59 Å². The summed E-state index contributed by atoms with van der Waals surface area (Å²) in [5.41, 5.74) is 0. The first-order chi connectivity index (χ1) is 5.57. The number of carboxylic acid groups (broad SMARTS) is 1. The highest BCUT2D eigenvalue weighted by Crippen LogP contribution is 1.90. The van der Waals surface area contributed by atoms with Gasteiger partial charge in [-0.15, -0.1) is 6.58 Å². The van der Waals surface area contributed by atoms with Crippen LogP contribution < -0.4 is 5.32 Å². The predicted molar refractivity (Wildman–Crippen MR) is 44.7 cm³/mol. The zero-order chi connectivity index (χ0) is 9.56. The fraction of sp³-hybridized carbons (Fsp3) is 0.500. The van der Waals surface area contributed by atoms with Crippen molar-refractivity contribution in [3.63, 3.8) is 0 Å². The number of hydrogen-bond acceptors (Lipinski definition) is 2. The van der Waals surface area contributed by atoms with E-state index in [1.807, 2.05) is 0 Å². The molecule has 0 aliphatic rings. The van der Waals surface area contributed by atoms with E-state index in [2.05, 4.69) is 11.9 Å². The standard InChI is InChI=1S/C8H13NO3/c1-3-4-5-7(10)9-6(2)8(11)12/h3,6H,1,4-5H2,2H3,(H,9,10)(H,11,12)/t6-/m0/s1. The van der Waals surface area contributed by atoms with Gasteiger partial charge < -0.3 is 10.4 Å². The second-order valence-corrected chi connectivity index (χ2v) is 2.45. The molecule has 0 spiro atoms. The Hall–Kier alpha value is -1.32. The van der Waals surface area contributed by atoms with Crippen LogP contribution in [0.5, 0.6) is 0 Å². The molecule has 0 aliphatic carbocycles. The highest BCUT2D eigenvalue weighted by Gasteiger charge is 2.12. The molecule has 0 aromatic carbocycles. The molecule has 0 bridgehead atoms. The average molecular weight is 171 g/mol. The summed E-state index contributed by atoms with van der Waals surface area (Å²) >= 11 is 0. The molecule has 12 heavy (non-hydrogen) atoms. The van der Waals surface area contributed by atoms with Crippen molar-refractivity contribution in [3.05, 3.63) is 12.7 Å². The number of rotatable bonds is 5. The van der Waals surface area contributed by atoms with Crippen molar-refractivity contribution in [1.82, 2.24) is 5.32 Å². The molecule has 0 aliphatic heterocycles. The quantitative estimate of drug-likeness (QED) is 0.593. The van der Waals surface area contributed by atoms with Gasteiger partial charge in [0.15, 0.2) is 0 Å². The van der Waals surface area contributed by atoms with Crippen molar-refractivity contribution in [3.8, 4) is 0 Å². The summed E-state index contributed by atoms with van der Waals surface area (Å²) in [7, 11) is 0. The minimum atomic E-state index is -1.03. The lowest BCUT2D eigenvalue weighted by Gasteiger charge is -2.07. The number of amides is 1. The lowest BCUT2D eigenvalue weighted by Crippen LogP contribution is -2.38. The van der Waals surface area contributed by atoms with Gasteiger partial charge in [0, 0.05) is 6.42 Å². The Kier molecular flexibility index (Phi) is 4.76. The van der Waals surface area contributed by atoms with Crippen molar-refractivity contribution in [2.24, 2.45) is 0 Å². The summed E-state index contributed by atoms with van der Waals surface area (Å²) in [6, 6.07) is -0.817. The number of nitrogens with one attached hydrogen (secondary N) is 1. The fourth-order valence-corrected chi connectivity index (χ4v) is 0.609. The van der Waals surface area contributed by atoms with E-state index in [1.54, 1.807) is 6.08 Å². The Bertz CT molecular complexity index is 189. The van der Waals surface area contributed by atoms with E-state index in [1.165, 1.54) is 6.92 Å². The molecule has 0 radical (unpaired) electrons. The van der Waals surface area contributed by atoms with Gasteiger partial charge in [-0.05, 0) is 13.3 Å². The fourth-order valence-electron chi connectivity index (χ4n) is 0.609. The molecule has 1 amide bonds. The van der Waals surface area contributed by atoms with Gasteiger partial charge in [-0.25, -0.2) is 0 Å². The summed E-state index contributed by atoms with van der Waals surface area (Å²) in [6.45, 7) is 4.88. The van der Waals surface area contributed by atoms with Crippen LogP contribution in [0.2, 0.25) is 0 Å². The van der Waals surface area contributed by atoms with Gasteiger partial charge in [-0.3, -0.25) is 9.59 Å². The molecular weight excluding hydrogens is 158 g/mol. The van der Waals surface area contributed by atoms with Gasteiger partial charge in [-0.2, -0.15) is 0 Å². The molecule has 0 saturated carbocycles. The minimum absolute atomic E-state index is 0.259. The molecule has 0 saturated heterocycles. The maximum absolute atomic E-state index is 10.9. The lowest BCUT2D eigenvalue weighted by molar-refractivity contribution is -0.141. The monoisotopic (exact) mass is 171 g/mol. The summed E-state index contributed by atoms with van der Waals surface area (Å²) in [4.78, 5) is 21.2. The molecule has 0 unspecified atom stereocenters. The first-order valence-electron chi connectivity index (χ1n) is 3.71. The molecule has 4 nitrogen and oxygen atoms in total. The molecule has 1 atom stereocenters. The summed E-state index contributed by atoms with van der Waals surface area (Å²) in [6.07, 6.45) is 2.48. The van der Waals surface area contributed by atoms with Crippen molar-refractivity contribution < 1.29 is 14.7 Å². The van der Waals surface area contributed by atoms with E-state index in [-0.39, 0.29) is 5.91 Å². The Morgan fingerprint density at radius 1 is 1.67 bits per heavy atom. The molecule has 2 N–H and O–H groups in total. The molecule has 0 fully saturated rings. The molecular formula is C8H13NO3. The van der Waals surface area contributed by atoms with Crippen LogP contribution in [0.15, 0.2) is 12.7 Å². The largest absolute Gasteiger partial charge is 0.480 e. The Labute approximate surface area is 71.3 Å². The number of aliphatic carboxylic acids is 1. The van der Waals surface area contributed by atoms with Crippen LogP contribution in [0.1, 0.15) is 19.8 Å². The second kappa shape index (κ2) is 5.35. The molecule has 68 valence electrons. The summed E-state index contributed by atoms with van der Waals surface area (Å²) < 4.78 is 0. The summed E-state index contributed by atoms with van der Waals surface area (Å²) in [5, 5.41) is 10.7. The second-order valence-electron chi connectivity index (χ2n) is 2.45. The zero-order valence-electron chi connectivity index (χ0n) is 7.04. The smallest absolute Gasteiger partial charge is 0.325 e. The Morgan fingerprint density at radius 3 is 2.67 bits per heavy atom. The number of carbonyl (C=O) groups excluding carboxylic acids is 1. The van der Waals surface area contributed by atoms with E-state index in [0.717, 1.165) is 0 Å². The van der Waals surface area contributed by atoms with Crippen molar-refractivity contribution in [2.45, 2.75) is 25.8 Å². The van der Waals surface area contributed by atoms with Crippen LogP contribution >= 0.6 is 0 Å². The molecule has 0 aromatic rings. The van der Waals surface area contributed by atoms with Gasteiger partial charge in [-0.1, -0.05) is 6.08 Å². The number of carbonyl (C=O) groups is 2. The molecule has 0 aromatic heterocycles. The molecule has 4 heteroatoms. The minimum Gasteiger partial charge on any atom is -0.480 e. The topological polar surface area (TPSA) is 66.4 Å². The Balaban J connectivity index is 3.68. The van der Waals surface area contributed by atoms with Gasteiger partial charge in [0.1, 0.15) is 6.04 Å². The van der Waals surface area contributed by atoms with E-state index in [4.69, 9.17) is 5.11 Å². The normalized spacial score (nSPS) is 11.8. The maximum atomic E-state index is 10.9. The van der Waals surface area contributed by atoms with Crippen LogP contribution in [0.3, 0.4) is 0 Å². The third-order valence-electron chi connectivity index (χ3n) is 1.32. The van der Waals surface area contributed by atoms with E-state index >= 15 is 0 Å². The van der Waals surface area contributed by atoms with Gasteiger partial charge in [0.05, 0.1) is 0 Å². The third kappa shape index (κ3) is 4.49. The third-order valence-corrected chi connectivity index (χ3v) is 1.32. The van der Waals surface area contributed by atoms with E-state index in [0.29, 0.717) is 12.8 Å². The van der Waals surface area contributed by atoms with Crippen LogP contribution in [0, 0.1) is 0 Å². The highest BCUT2D eigenvalue weighted by molar-refractivity contribution is 5.83. The lowest BCUT2D eigenvalue weighted by atomic mass is 10.2. The van der Waals surface area contributed by atoms with Crippen molar-refractivity contribution >= 4 is 11.9 Å².